The summed E-state index contributed by atoms with van der Waals surface area (Å²) in [5.41, 5.74) is 1.31. The summed E-state index contributed by atoms with van der Waals surface area (Å²) in [5, 5.41) is 9.01. The summed E-state index contributed by atoms with van der Waals surface area (Å²) < 4.78 is 31.9. The Labute approximate surface area is 200 Å². The van der Waals surface area contributed by atoms with E-state index in [1.54, 1.807) is 48.1 Å². The van der Waals surface area contributed by atoms with E-state index in [-0.39, 0.29) is 23.9 Å². The van der Waals surface area contributed by atoms with Crippen LogP contribution >= 0.6 is 11.8 Å². The van der Waals surface area contributed by atoms with Gasteiger partial charge in [0.1, 0.15) is 6.61 Å². The van der Waals surface area contributed by atoms with Crippen molar-refractivity contribution >= 4 is 17.5 Å². The number of halogens is 1. The summed E-state index contributed by atoms with van der Waals surface area (Å²) in [4.78, 5) is 12.8. The van der Waals surface area contributed by atoms with Gasteiger partial charge in [-0.3, -0.25) is 9.36 Å². The number of carbonyl (C=O) groups excluding carboxylic acids is 1. The molecule has 4 aromatic rings. The van der Waals surface area contributed by atoms with Crippen LogP contribution in [-0.4, -0.2) is 40.5 Å². The van der Waals surface area contributed by atoms with Gasteiger partial charge in [0.2, 0.25) is 0 Å². The van der Waals surface area contributed by atoms with Gasteiger partial charge < -0.3 is 14.2 Å². The van der Waals surface area contributed by atoms with Crippen LogP contribution in [0.25, 0.3) is 5.69 Å². The molecule has 9 heteroatoms. The number of rotatable bonds is 10. The fourth-order valence-corrected chi connectivity index (χ4v) is 4.12. The lowest BCUT2D eigenvalue weighted by molar-refractivity contribution is 0.102. The summed E-state index contributed by atoms with van der Waals surface area (Å²) in [7, 11) is 3.06. The zero-order chi connectivity index (χ0) is 23.9. The van der Waals surface area contributed by atoms with Crippen LogP contribution in [0.5, 0.6) is 17.2 Å². The molecule has 0 N–H and O–H groups in total. The van der Waals surface area contributed by atoms with Crippen LogP contribution in [0.3, 0.4) is 0 Å². The first-order valence-corrected chi connectivity index (χ1v) is 11.3. The summed E-state index contributed by atoms with van der Waals surface area (Å²) >= 11 is 1.25. The van der Waals surface area contributed by atoms with Crippen LogP contribution in [0.1, 0.15) is 16.2 Å². The molecule has 174 valence electrons. The molecular weight excluding hydrogens is 457 g/mol. The average Bonchev–Trinajstić information content (AvgIpc) is 3.29. The number of hydrogen-bond acceptors (Lipinski definition) is 7. The lowest BCUT2D eigenvalue weighted by Crippen LogP contribution is -2.08. The molecule has 0 saturated carbocycles. The Morgan fingerprint density at radius 2 is 1.65 bits per heavy atom. The van der Waals surface area contributed by atoms with Crippen molar-refractivity contribution in [3.05, 3.63) is 90.0 Å². The molecule has 0 saturated heterocycles. The van der Waals surface area contributed by atoms with Crippen LogP contribution in [0.2, 0.25) is 0 Å². The highest BCUT2D eigenvalue weighted by atomic mass is 32.2. The van der Waals surface area contributed by atoms with Crippen molar-refractivity contribution in [2.75, 3.05) is 20.0 Å². The number of hydrogen-bond donors (Lipinski definition) is 0. The number of para-hydroxylation sites is 2. The molecule has 0 unspecified atom stereocenters. The minimum Gasteiger partial charge on any atom is -0.493 e. The molecule has 0 atom stereocenters. The lowest BCUT2D eigenvalue weighted by atomic mass is 10.1. The highest BCUT2D eigenvalue weighted by molar-refractivity contribution is 7.99. The molecule has 34 heavy (non-hydrogen) atoms. The van der Waals surface area contributed by atoms with Gasteiger partial charge in [0.05, 0.1) is 20.0 Å². The molecule has 0 fully saturated rings. The second-order valence-corrected chi connectivity index (χ2v) is 8.01. The Morgan fingerprint density at radius 1 is 0.912 bits per heavy atom. The second-order valence-electron chi connectivity index (χ2n) is 7.07. The van der Waals surface area contributed by atoms with Crippen LogP contribution in [-0.2, 0) is 6.61 Å². The number of thioether (sulfide) groups is 1. The minimum atomic E-state index is -0.455. The maximum absolute atomic E-state index is 14.0. The topological polar surface area (TPSA) is 75.5 Å². The van der Waals surface area contributed by atoms with Crippen LogP contribution in [0, 0.1) is 5.82 Å². The normalized spacial score (nSPS) is 10.7. The van der Waals surface area contributed by atoms with Crippen molar-refractivity contribution in [2.24, 2.45) is 0 Å². The van der Waals surface area contributed by atoms with Gasteiger partial charge in [-0.05, 0) is 42.5 Å². The van der Waals surface area contributed by atoms with Crippen molar-refractivity contribution in [3.63, 3.8) is 0 Å². The molecule has 0 aliphatic rings. The number of methoxy groups -OCH3 is 2. The van der Waals surface area contributed by atoms with Crippen molar-refractivity contribution < 1.29 is 23.4 Å². The van der Waals surface area contributed by atoms with E-state index in [0.717, 1.165) is 5.69 Å². The largest absolute Gasteiger partial charge is 0.493 e. The Kier molecular flexibility index (Phi) is 7.44. The number of nitrogens with zero attached hydrogens (tertiary/aromatic N) is 3. The van der Waals surface area contributed by atoms with Crippen molar-refractivity contribution in [3.8, 4) is 22.9 Å². The third-order valence-electron chi connectivity index (χ3n) is 4.95. The SMILES string of the molecule is COc1ccc(C(=O)CSc2nnc(COc3ccccc3F)n2-c2ccccc2)cc1OC. The molecule has 0 radical (unpaired) electrons. The minimum absolute atomic E-state index is 0.00696. The molecule has 1 heterocycles. The quantitative estimate of drug-likeness (QED) is 0.235. The van der Waals surface area contributed by atoms with Gasteiger partial charge in [-0.2, -0.15) is 0 Å². The molecule has 4 rings (SSSR count). The summed E-state index contributed by atoms with van der Waals surface area (Å²) in [6.07, 6.45) is 0. The number of benzene rings is 3. The van der Waals surface area contributed by atoms with Gasteiger partial charge >= 0.3 is 0 Å². The van der Waals surface area contributed by atoms with E-state index in [9.17, 15) is 9.18 Å². The molecular formula is C25H22FN3O4S. The van der Waals surface area contributed by atoms with Crippen LogP contribution < -0.4 is 14.2 Å². The monoisotopic (exact) mass is 479 g/mol. The highest BCUT2D eigenvalue weighted by Crippen LogP contribution is 2.29. The first-order valence-electron chi connectivity index (χ1n) is 10.4. The van der Waals surface area contributed by atoms with Crippen LogP contribution in [0.4, 0.5) is 4.39 Å². The number of carbonyl (C=O) groups is 1. The molecule has 0 aliphatic carbocycles. The summed E-state index contributed by atoms with van der Waals surface area (Å²) in [6, 6.07) is 20.7. The third-order valence-corrected chi connectivity index (χ3v) is 5.88. The maximum atomic E-state index is 14.0. The Bertz CT molecular complexity index is 1280. The molecule has 7 nitrogen and oxygen atoms in total. The van der Waals surface area contributed by atoms with Gasteiger partial charge in [-0.15, -0.1) is 10.2 Å². The van der Waals surface area contributed by atoms with E-state index >= 15 is 0 Å². The second kappa shape index (κ2) is 10.8. The van der Waals surface area contributed by atoms with Gasteiger partial charge in [-0.1, -0.05) is 42.1 Å². The smallest absolute Gasteiger partial charge is 0.196 e. The molecule has 0 bridgehead atoms. The third kappa shape index (κ3) is 5.20. The van der Waals surface area contributed by atoms with E-state index in [2.05, 4.69) is 10.2 Å². The predicted octanol–water partition coefficient (Wildman–Crippen LogP) is 4.98. The van der Waals surface area contributed by atoms with E-state index in [0.29, 0.717) is 28.0 Å². The lowest BCUT2D eigenvalue weighted by Gasteiger charge is -2.12. The molecule has 3 aromatic carbocycles. The van der Waals surface area contributed by atoms with Gasteiger partial charge in [0.15, 0.2) is 39.8 Å². The fraction of sp³-hybridized carbons (Fsp3) is 0.160. The Balaban J connectivity index is 1.55. The van der Waals surface area contributed by atoms with Gasteiger partial charge in [0, 0.05) is 11.3 Å². The number of ketones is 1. The van der Waals surface area contributed by atoms with E-state index in [1.165, 1.54) is 24.9 Å². The van der Waals surface area contributed by atoms with Gasteiger partial charge in [-0.25, -0.2) is 4.39 Å². The summed E-state index contributed by atoms with van der Waals surface area (Å²) in [6.45, 7) is 0.00696. The highest BCUT2D eigenvalue weighted by Gasteiger charge is 2.18. The molecule has 0 amide bonds. The predicted molar refractivity (Wildman–Crippen MR) is 127 cm³/mol. The fourth-order valence-electron chi connectivity index (χ4n) is 3.25. The molecule has 0 aliphatic heterocycles. The number of Topliss-reactive ketones (excluding diaryl/α,β-unsaturated/α-hetero) is 1. The van der Waals surface area contributed by atoms with E-state index < -0.39 is 5.82 Å². The van der Waals surface area contributed by atoms with E-state index in [4.69, 9.17) is 14.2 Å². The Morgan fingerprint density at radius 3 is 2.38 bits per heavy atom. The summed E-state index contributed by atoms with van der Waals surface area (Å²) in [5.74, 6) is 1.22. The number of ether oxygens (including phenoxy) is 3. The van der Waals surface area contributed by atoms with E-state index in [1.807, 2.05) is 30.3 Å². The van der Waals surface area contributed by atoms with Crippen molar-refractivity contribution in [2.45, 2.75) is 11.8 Å². The molecule has 1 aromatic heterocycles. The maximum Gasteiger partial charge on any atom is 0.196 e. The first kappa shape index (κ1) is 23.3. The zero-order valence-electron chi connectivity index (χ0n) is 18.6. The molecule has 0 spiro atoms. The zero-order valence-corrected chi connectivity index (χ0v) is 19.4. The van der Waals surface area contributed by atoms with Gasteiger partial charge in [0.25, 0.3) is 0 Å². The Hall–Kier alpha value is -3.85. The number of aromatic nitrogens is 3. The van der Waals surface area contributed by atoms with Crippen molar-refractivity contribution in [1.29, 1.82) is 0 Å². The standard InChI is InChI=1S/C25H22FN3O4S/c1-31-22-13-12-17(14-23(22)32-2)20(30)16-34-25-28-27-24(29(25)18-8-4-3-5-9-18)15-33-21-11-7-6-10-19(21)26/h3-14H,15-16H2,1-2H3. The average molecular weight is 480 g/mol. The first-order chi connectivity index (χ1) is 16.6. The van der Waals surface area contributed by atoms with Crippen LogP contribution in [0.15, 0.2) is 78.0 Å². The van der Waals surface area contributed by atoms with Crippen molar-refractivity contribution in [1.82, 2.24) is 14.8 Å².